The fourth-order valence-corrected chi connectivity index (χ4v) is 1.70. The van der Waals surface area contributed by atoms with E-state index in [-0.39, 0.29) is 5.78 Å². The molecule has 0 bridgehead atoms. The van der Waals surface area contributed by atoms with Gasteiger partial charge in [0.05, 0.1) is 5.02 Å². The highest BCUT2D eigenvalue weighted by Crippen LogP contribution is 2.20. The van der Waals surface area contributed by atoms with Crippen molar-refractivity contribution in [1.29, 1.82) is 0 Å². The van der Waals surface area contributed by atoms with Crippen molar-refractivity contribution in [1.82, 2.24) is 0 Å². The van der Waals surface area contributed by atoms with Gasteiger partial charge in [-0.25, -0.2) is 0 Å². The average molecular weight is 225 g/mol. The molecule has 1 nitrogen and oxygen atoms in total. The maximum absolute atomic E-state index is 11.8. The number of rotatable bonds is 5. The van der Waals surface area contributed by atoms with Crippen LogP contribution in [0, 0.1) is 0 Å². The number of unbranched alkanes of at least 4 members (excludes halogenated alkanes) is 1. The summed E-state index contributed by atoms with van der Waals surface area (Å²) in [4.78, 5) is 11.8. The van der Waals surface area contributed by atoms with Gasteiger partial charge >= 0.3 is 0 Å². The van der Waals surface area contributed by atoms with Crippen LogP contribution in [-0.2, 0) is 6.42 Å². The van der Waals surface area contributed by atoms with Gasteiger partial charge in [0.25, 0.3) is 0 Å². The smallest absolute Gasteiger partial charge is 0.164 e. The first-order valence-corrected chi connectivity index (χ1v) is 5.88. The highest BCUT2D eigenvalue weighted by Gasteiger charge is 2.10. The van der Waals surface area contributed by atoms with Crippen LogP contribution in [0.5, 0.6) is 0 Å². The van der Waals surface area contributed by atoms with Crippen LogP contribution in [0.4, 0.5) is 0 Å². The van der Waals surface area contributed by atoms with Gasteiger partial charge in [-0.1, -0.05) is 37.9 Å². The first kappa shape index (κ1) is 12.3. The van der Waals surface area contributed by atoms with Gasteiger partial charge in [-0.15, -0.1) is 0 Å². The Morgan fingerprint density at radius 1 is 1.33 bits per heavy atom. The number of ketones is 1. The SMILES string of the molecule is CCCCC(=O)c1cc(CC)ccc1Cl. The molecule has 0 amide bonds. The number of benzene rings is 1. The molecule has 0 unspecified atom stereocenters. The Kier molecular flexibility index (Phi) is 4.83. The molecule has 0 aliphatic carbocycles. The van der Waals surface area contributed by atoms with E-state index in [1.807, 2.05) is 18.2 Å². The molecule has 0 atom stereocenters. The van der Waals surface area contributed by atoms with Crippen molar-refractivity contribution in [2.45, 2.75) is 39.5 Å². The van der Waals surface area contributed by atoms with Crippen LogP contribution in [0.25, 0.3) is 0 Å². The van der Waals surface area contributed by atoms with Gasteiger partial charge in [0.2, 0.25) is 0 Å². The molecule has 0 saturated carbocycles. The molecule has 0 aliphatic rings. The molecule has 0 radical (unpaired) electrons. The maximum atomic E-state index is 11.8. The summed E-state index contributed by atoms with van der Waals surface area (Å²) in [6.07, 6.45) is 3.51. The maximum Gasteiger partial charge on any atom is 0.164 e. The second kappa shape index (κ2) is 5.92. The van der Waals surface area contributed by atoms with Crippen LogP contribution < -0.4 is 0 Å². The van der Waals surface area contributed by atoms with Crippen molar-refractivity contribution in [2.24, 2.45) is 0 Å². The van der Waals surface area contributed by atoms with Gasteiger partial charge < -0.3 is 0 Å². The molecule has 1 rings (SSSR count). The monoisotopic (exact) mass is 224 g/mol. The Morgan fingerprint density at radius 3 is 2.67 bits per heavy atom. The fourth-order valence-electron chi connectivity index (χ4n) is 1.48. The fraction of sp³-hybridized carbons (Fsp3) is 0.462. The number of carbonyl (C=O) groups excluding carboxylic acids is 1. The molecule has 1 aromatic rings. The lowest BCUT2D eigenvalue weighted by molar-refractivity contribution is 0.0980. The molecule has 0 saturated heterocycles. The molecular formula is C13H17ClO. The Labute approximate surface area is 96.5 Å². The summed E-state index contributed by atoms with van der Waals surface area (Å²) in [5.41, 5.74) is 1.85. The van der Waals surface area contributed by atoms with Crippen LogP contribution in [0.15, 0.2) is 18.2 Å². The summed E-state index contributed by atoms with van der Waals surface area (Å²) < 4.78 is 0. The van der Waals surface area contributed by atoms with Crippen molar-refractivity contribution in [2.75, 3.05) is 0 Å². The van der Waals surface area contributed by atoms with Crippen LogP contribution in [0.3, 0.4) is 0 Å². The second-order valence-electron chi connectivity index (χ2n) is 3.69. The number of hydrogen-bond acceptors (Lipinski definition) is 1. The highest BCUT2D eigenvalue weighted by atomic mass is 35.5. The average Bonchev–Trinajstić information content (AvgIpc) is 2.26. The van der Waals surface area contributed by atoms with Crippen molar-refractivity contribution >= 4 is 17.4 Å². The lowest BCUT2D eigenvalue weighted by Gasteiger charge is -2.05. The van der Waals surface area contributed by atoms with Gasteiger partial charge in [0.1, 0.15) is 0 Å². The molecule has 1 aromatic carbocycles. The predicted octanol–water partition coefficient (Wildman–Crippen LogP) is 4.28. The third kappa shape index (κ3) is 3.35. The number of aryl methyl sites for hydroxylation is 1. The molecular weight excluding hydrogens is 208 g/mol. The van der Waals surface area contributed by atoms with Crippen molar-refractivity contribution in [3.8, 4) is 0 Å². The number of carbonyl (C=O) groups is 1. The van der Waals surface area contributed by atoms with Gasteiger partial charge in [-0.2, -0.15) is 0 Å². The molecule has 0 N–H and O–H groups in total. The Hall–Kier alpha value is -0.820. The molecule has 0 heterocycles. The van der Waals surface area contributed by atoms with Crippen molar-refractivity contribution in [3.05, 3.63) is 34.3 Å². The third-order valence-corrected chi connectivity index (χ3v) is 2.83. The molecule has 0 fully saturated rings. The Bertz CT molecular complexity index is 344. The zero-order chi connectivity index (χ0) is 11.3. The van der Waals surface area contributed by atoms with Gasteiger partial charge in [0.15, 0.2) is 5.78 Å². The molecule has 15 heavy (non-hydrogen) atoms. The second-order valence-corrected chi connectivity index (χ2v) is 4.10. The van der Waals surface area contributed by atoms with Gasteiger partial charge in [0, 0.05) is 12.0 Å². The van der Waals surface area contributed by atoms with Crippen LogP contribution >= 0.6 is 11.6 Å². The summed E-state index contributed by atoms with van der Waals surface area (Å²) in [5.74, 6) is 0.164. The van der Waals surface area contributed by atoms with Crippen LogP contribution in [-0.4, -0.2) is 5.78 Å². The zero-order valence-corrected chi connectivity index (χ0v) is 10.1. The zero-order valence-electron chi connectivity index (χ0n) is 9.35. The number of hydrogen-bond donors (Lipinski definition) is 0. The van der Waals surface area contributed by atoms with Crippen LogP contribution in [0.2, 0.25) is 5.02 Å². The largest absolute Gasteiger partial charge is 0.294 e. The topological polar surface area (TPSA) is 17.1 Å². The lowest BCUT2D eigenvalue weighted by atomic mass is 10.0. The minimum absolute atomic E-state index is 0.164. The van der Waals surface area contributed by atoms with E-state index in [0.29, 0.717) is 17.0 Å². The van der Waals surface area contributed by atoms with E-state index in [4.69, 9.17) is 11.6 Å². The summed E-state index contributed by atoms with van der Waals surface area (Å²) in [5, 5.41) is 0.577. The first-order chi connectivity index (χ1) is 7.19. The lowest BCUT2D eigenvalue weighted by Crippen LogP contribution is -2.00. The van der Waals surface area contributed by atoms with E-state index >= 15 is 0 Å². The Balaban J connectivity index is 2.86. The summed E-state index contributed by atoms with van der Waals surface area (Å²) >= 11 is 6.01. The molecule has 2 heteroatoms. The highest BCUT2D eigenvalue weighted by molar-refractivity contribution is 6.34. The van der Waals surface area contributed by atoms with Gasteiger partial charge in [-0.05, 0) is 30.5 Å². The molecule has 0 aromatic heterocycles. The molecule has 0 aliphatic heterocycles. The van der Waals surface area contributed by atoms with E-state index < -0.39 is 0 Å². The van der Waals surface area contributed by atoms with E-state index in [0.717, 1.165) is 19.3 Å². The molecule has 0 spiro atoms. The third-order valence-electron chi connectivity index (χ3n) is 2.50. The first-order valence-electron chi connectivity index (χ1n) is 5.50. The summed E-state index contributed by atoms with van der Waals surface area (Å²) in [6, 6.07) is 5.71. The predicted molar refractivity (Wildman–Crippen MR) is 64.7 cm³/mol. The van der Waals surface area contributed by atoms with E-state index in [2.05, 4.69) is 13.8 Å². The Morgan fingerprint density at radius 2 is 2.07 bits per heavy atom. The normalized spacial score (nSPS) is 10.3. The quantitative estimate of drug-likeness (QED) is 0.683. The number of Topliss-reactive ketones (excluding diaryl/α,β-unsaturated/α-hetero) is 1. The van der Waals surface area contributed by atoms with Crippen LogP contribution in [0.1, 0.15) is 49.0 Å². The standard InChI is InChI=1S/C13H17ClO/c1-3-5-6-13(15)11-9-10(4-2)7-8-12(11)14/h7-9H,3-6H2,1-2H3. The van der Waals surface area contributed by atoms with Gasteiger partial charge in [-0.3, -0.25) is 4.79 Å². The van der Waals surface area contributed by atoms with E-state index in [9.17, 15) is 4.79 Å². The summed E-state index contributed by atoms with van der Waals surface area (Å²) in [7, 11) is 0. The summed E-state index contributed by atoms with van der Waals surface area (Å²) in [6.45, 7) is 4.15. The van der Waals surface area contributed by atoms with E-state index in [1.54, 1.807) is 0 Å². The minimum atomic E-state index is 0.164. The number of halogens is 1. The van der Waals surface area contributed by atoms with Crippen molar-refractivity contribution < 1.29 is 4.79 Å². The molecule has 82 valence electrons. The minimum Gasteiger partial charge on any atom is -0.294 e. The van der Waals surface area contributed by atoms with Crippen molar-refractivity contribution in [3.63, 3.8) is 0 Å². The van der Waals surface area contributed by atoms with E-state index in [1.165, 1.54) is 5.56 Å².